The lowest BCUT2D eigenvalue weighted by molar-refractivity contribution is -0.0560. The average molecular weight is 486 g/mol. The molecule has 1 amide bonds. The normalized spacial score (nSPS) is 25.8. The van der Waals surface area contributed by atoms with Crippen LogP contribution in [0.4, 0.5) is 10.6 Å². The number of rotatable bonds is 10. The van der Waals surface area contributed by atoms with E-state index in [9.17, 15) is 9.36 Å². The van der Waals surface area contributed by atoms with Crippen LogP contribution in [0.5, 0.6) is 0 Å². The molecular weight excluding hydrogens is 461 g/mol. The highest BCUT2D eigenvalue weighted by atomic mass is 31.1. The number of imidazole rings is 1. The first-order valence-electron chi connectivity index (χ1n) is 10.2. The van der Waals surface area contributed by atoms with Crippen molar-refractivity contribution in [1.82, 2.24) is 24.8 Å². The van der Waals surface area contributed by atoms with Gasteiger partial charge in [-0.05, 0) is 0 Å². The summed E-state index contributed by atoms with van der Waals surface area (Å²) in [5.41, 5.74) is 11.9. The van der Waals surface area contributed by atoms with Gasteiger partial charge in [-0.2, -0.15) is 0 Å². The lowest BCUT2D eigenvalue weighted by atomic mass is 10.1. The highest BCUT2D eigenvalue weighted by molar-refractivity contribution is 7.33. The maximum atomic E-state index is 12.4. The van der Waals surface area contributed by atoms with E-state index >= 15 is 0 Å². The number of fused-ring (bicyclic) bond motifs is 2. The fourth-order valence-corrected chi connectivity index (χ4v) is 4.22. The van der Waals surface area contributed by atoms with Crippen LogP contribution in [0.2, 0.25) is 0 Å². The monoisotopic (exact) mass is 486 g/mol. The van der Waals surface area contributed by atoms with Crippen molar-refractivity contribution in [2.45, 2.75) is 24.5 Å². The molecule has 5 unspecified atom stereocenters. The first-order chi connectivity index (χ1) is 16.1. The van der Waals surface area contributed by atoms with E-state index in [1.165, 1.54) is 12.7 Å². The number of nitrogen functional groups attached to an aromatic ring is 1. The van der Waals surface area contributed by atoms with Crippen LogP contribution in [0.3, 0.4) is 0 Å². The molecule has 0 aliphatic carbocycles. The molecule has 0 bridgehead atoms. The van der Waals surface area contributed by atoms with Gasteiger partial charge in [0.1, 0.15) is 24.6 Å². The number of aromatic nitrogens is 4. The molecular formula is C17H25N7O8P+. The Hall–Kier alpha value is -2.52. The summed E-state index contributed by atoms with van der Waals surface area (Å²) in [4.78, 5) is 24.8. The molecule has 0 radical (unpaired) electrons. The van der Waals surface area contributed by atoms with Gasteiger partial charge in [-0.25, -0.2) is 19.7 Å². The summed E-state index contributed by atoms with van der Waals surface area (Å²) in [6.07, 6.45) is -1.24. The molecule has 2 aliphatic rings. The Balaban J connectivity index is 1.39. The van der Waals surface area contributed by atoms with Gasteiger partial charge in [-0.1, -0.05) is 0 Å². The summed E-state index contributed by atoms with van der Waals surface area (Å²) in [5, 5.41) is 2.60. The molecule has 16 heteroatoms. The third-order valence-corrected chi connectivity index (χ3v) is 5.67. The van der Waals surface area contributed by atoms with Crippen LogP contribution in [0.15, 0.2) is 12.7 Å². The summed E-state index contributed by atoms with van der Waals surface area (Å²) in [6, 6.07) is 0. The molecule has 2 aliphatic heterocycles. The molecule has 2 aromatic rings. The van der Waals surface area contributed by atoms with Gasteiger partial charge in [0, 0.05) is 17.7 Å². The van der Waals surface area contributed by atoms with Gasteiger partial charge in [0.15, 0.2) is 29.9 Å². The number of anilines is 1. The number of nitrogens with one attached hydrogen (secondary N) is 1. The van der Waals surface area contributed by atoms with Crippen LogP contribution < -0.4 is 16.8 Å². The van der Waals surface area contributed by atoms with Crippen LogP contribution in [-0.4, -0.2) is 90.0 Å². The first-order valence-corrected chi connectivity index (χ1v) is 11.3. The van der Waals surface area contributed by atoms with Gasteiger partial charge in [0.25, 0.3) is 0 Å². The molecule has 180 valence electrons. The Bertz CT molecular complexity index is 978. The maximum absolute atomic E-state index is 12.4. The summed E-state index contributed by atoms with van der Waals surface area (Å²) in [5.74, 6) is 0.195. The molecule has 0 spiro atoms. The van der Waals surface area contributed by atoms with E-state index in [1.807, 2.05) is 0 Å². The van der Waals surface area contributed by atoms with Crippen LogP contribution in [0.1, 0.15) is 6.23 Å². The standard InChI is InChI=1S/C17H24N7O8P/c18-1-3-27-5-6-28-4-2-20-17(25)31-13-12-10(7-29-33(26)32-12)30-16(13)24-9-23-11-14(19)21-8-22-15(11)24/h8-10,12-13,16H,1-7,18H2,(H2-,19,20,21,22,25)/p+1. The minimum absolute atomic E-state index is 0.0155. The zero-order valence-corrected chi connectivity index (χ0v) is 18.5. The van der Waals surface area contributed by atoms with E-state index in [-0.39, 0.29) is 25.6 Å². The van der Waals surface area contributed by atoms with Crippen molar-refractivity contribution >= 4 is 31.3 Å². The maximum Gasteiger partial charge on any atom is 0.698 e. The Labute approximate surface area is 189 Å². The van der Waals surface area contributed by atoms with Crippen LogP contribution in [-0.2, 0) is 32.6 Å². The molecule has 5 N–H and O–H groups in total. The second-order valence-electron chi connectivity index (χ2n) is 7.05. The third-order valence-electron chi connectivity index (χ3n) is 4.89. The summed E-state index contributed by atoms with van der Waals surface area (Å²) < 4.78 is 46.0. The minimum Gasteiger partial charge on any atom is -0.438 e. The van der Waals surface area contributed by atoms with Crippen molar-refractivity contribution in [3.8, 4) is 0 Å². The highest BCUT2D eigenvalue weighted by Gasteiger charge is 2.57. The predicted octanol–water partition coefficient (Wildman–Crippen LogP) is -0.535. The van der Waals surface area contributed by atoms with Crippen LogP contribution in [0, 0.1) is 0 Å². The fourth-order valence-electron chi connectivity index (χ4n) is 3.44. The van der Waals surface area contributed by atoms with Crippen molar-refractivity contribution in [3.63, 3.8) is 0 Å². The van der Waals surface area contributed by atoms with Gasteiger partial charge in [0.05, 0.1) is 32.8 Å². The lowest BCUT2D eigenvalue weighted by Gasteiger charge is -2.22. The number of nitrogens with two attached hydrogens (primary N) is 2. The Kier molecular flexibility index (Phi) is 7.93. The van der Waals surface area contributed by atoms with Gasteiger partial charge in [-0.3, -0.25) is 4.57 Å². The molecule has 33 heavy (non-hydrogen) atoms. The van der Waals surface area contributed by atoms with Crippen molar-refractivity contribution in [2.75, 3.05) is 51.9 Å². The van der Waals surface area contributed by atoms with Crippen LogP contribution in [0.25, 0.3) is 11.2 Å². The fraction of sp³-hybridized carbons (Fsp3) is 0.647. The number of hydrogen-bond acceptors (Lipinski definition) is 13. The van der Waals surface area contributed by atoms with Crippen molar-refractivity contribution in [1.29, 1.82) is 0 Å². The molecule has 2 aromatic heterocycles. The number of ether oxygens (including phenoxy) is 4. The number of alkyl carbamates (subject to hydrolysis) is 1. The number of nitrogens with zero attached hydrogens (tertiary/aromatic N) is 4. The topological polar surface area (TPSA) is 197 Å². The van der Waals surface area contributed by atoms with E-state index in [4.69, 9.17) is 39.5 Å². The third kappa shape index (κ3) is 5.52. The van der Waals surface area contributed by atoms with Gasteiger partial charge in [0.2, 0.25) is 0 Å². The molecule has 4 heterocycles. The zero-order chi connectivity index (χ0) is 23.2. The van der Waals surface area contributed by atoms with E-state index in [0.717, 1.165) is 0 Å². The van der Waals surface area contributed by atoms with E-state index < -0.39 is 38.9 Å². The lowest BCUT2D eigenvalue weighted by Crippen LogP contribution is -2.42. The molecule has 2 fully saturated rings. The molecule has 0 aromatic carbocycles. The smallest absolute Gasteiger partial charge is 0.438 e. The van der Waals surface area contributed by atoms with Gasteiger partial charge < -0.3 is 35.7 Å². The number of carbonyl (C=O) groups is 1. The first kappa shape index (κ1) is 23.6. The Morgan fingerprint density at radius 1 is 1.24 bits per heavy atom. The van der Waals surface area contributed by atoms with Gasteiger partial charge >= 0.3 is 14.3 Å². The van der Waals surface area contributed by atoms with Crippen molar-refractivity contribution in [2.24, 2.45) is 5.73 Å². The van der Waals surface area contributed by atoms with E-state index in [1.54, 1.807) is 4.57 Å². The zero-order valence-electron chi connectivity index (χ0n) is 17.6. The van der Waals surface area contributed by atoms with Gasteiger partial charge in [-0.15, -0.1) is 9.05 Å². The predicted molar refractivity (Wildman–Crippen MR) is 111 cm³/mol. The number of amides is 1. The molecule has 5 atom stereocenters. The number of hydrogen-bond donors (Lipinski definition) is 3. The summed E-state index contributed by atoms with van der Waals surface area (Å²) in [6.45, 7) is 2.18. The summed E-state index contributed by atoms with van der Waals surface area (Å²) >= 11 is 0. The van der Waals surface area contributed by atoms with E-state index in [2.05, 4.69) is 20.3 Å². The highest BCUT2D eigenvalue weighted by Crippen LogP contribution is 2.44. The van der Waals surface area contributed by atoms with Crippen molar-refractivity contribution in [3.05, 3.63) is 12.7 Å². The molecule has 15 nitrogen and oxygen atoms in total. The molecule has 2 saturated heterocycles. The largest absolute Gasteiger partial charge is 0.698 e. The minimum atomic E-state index is -2.37. The average Bonchev–Trinajstić information content (AvgIpc) is 3.38. The SMILES string of the molecule is NCCOCCOCCNC(=O)OC1C2O[P+](=O)OCC2OC1n1cnc2c(N)ncnc21. The summed E-state index contributed by atoms with van der Waals surface area (Å²) in [7, 11) is -2.37. The number of carbonyl (C=O) groups excluding carboxylic acids is 1. The molecule has 0 saturated carbocycles. The molecule has 4 rings (SSSR count). The quantitative estimate of drug-likeness (QED) is 0.286. The van der Waals surface area contributed by atoms with Crippen LogP contribution >= 0.6 is 8.25 Å². The van der Waals surface area contributed by atoms with Crippen molar-refractivity contribution < 1.29 is 37.4 Å². The Morgan fingerprint density at radius 2 is 2.06 bits per heavy atom. The second-order valence-corrected chi connectivity index (χ2v) is 7.96. The Morgan fingerprint density at radius 3 is 2.88 bits per heavy atom. The second kappa shape index (κ2) is 11.1. The van der Waals surface area contributed by atoms with E-state index in [0.29, 0.717) is 37.5 Å².